The number of ether oxygens (including phenoxy) is 1. The molecule has 1 atom stereocenters. The number of fused-ring (bicyclic) bond motifs is 1. The van der Waals surface area contributed by atoms with E-state index in [1.54, 1.807) is 24.8 Å². The van der Waals surface area contributed by atoms with E-state index in [9.17, 15) is 14.7 Å². The molecule has 2 aromatic rings. The van der Waals surface area contributed by atoms with Crippen LogP contribution >= 0.6 is 0 Å². The molecular formula is C18H21NO5. The Hall–Kier alpha value is -2.34. The van der Waals surface area contributed by atoms with Crippen LogP contribution in [-0.2, 0) is 4.79 Å². The molecule has 1 aliphatic heterocycles. The van der Waals surface area contributed by atoms with Crippen molar-refractivity contribution in [3.05, 3.63) is 39.2 Å². The number of aliphatic hydroxyl groups excluding tert-OH is 1. The Morgan fingerprint density at radius 2 is 1.96 bits per heavy atom. The third-order valence-electron chi connectivity index (χ3n) is 4.48. The monoisotopic (exact) mass is 331 g/mol. The van der Waals surface area contributed by atoms with Gasteiger partial charge in [0, 0.05) is 18.7 Å². The molecule has 0 aliphatic carbocycles. The maximum atomic E-state index is 12.3. The van der Waals surface area contributed by atoms with Gasteiger partial charge in [-0.15, -0.1) is 0 Å². The minimum absolute atomic E-state index is 0.165. The smallest absolute Gasteiger partial charge is 0.339 e. The molecular weight excluding hydrogens is 310 g/mol. The SMILES string of the molecule is Cc1cc(OC(C)C(=O)N2CC(O)C2)c2c(C)c(C)c(=O)oc2c1. The largest absolute Gasteiger partial charge is 0.480 e. The molecule has 1 unspecified atom stereocenters. The summed E-state index contributed by atoms with van der Waals surface area (Å²) >= 11 is 0. The number of amides is 1. The second kappa shape index (κ2) is 5.94. The van der Waals surface area contributed by atoms with Gasteiger partial charge < -0.3 is 19.2 Å². The molecule has 2 heterocycles. The van der Waals surface area contributed by atoms with Gasteiger partial charge in [0.1, 0.15) is 11.3 Å². The molecule has 1 fully saturated rings. The molecule has 128 valence electrons. The fourth-order valence-corrected chi connectivity index (χ4v) is 2.91. The predicted octanol–water partition coefficient (Wildman–Crippen LogP) is 1.69. The van der Waals surface area contributed by atoms with Crippen LogP contribution in [0.2, 0.25) is 0 Å². The number of nitrogens with zero attached hydrogens (tertiary/aromatic N) is 1. The normalized spacial score (nSPS) is 16.1. The number of aryl methyl sites for hydroxylation is 2. The average molecular weight is 331 g/mol. The van der Waals surface area contributed by atoms with Crippen molar-refractivity contribution in [3.63, 3.8) is 0 Å². The minimum atomic E-state index is -0.686. The molecule has 3 rings (SSSR count). The highest BCUT2D eigenvalue weighted by Gasteiger charge is 2.32. The lowest BCUT2D eigenvalue weighted by molar-refractivity contribution is -0.148. The van der Waals surface area contributed by atoms with Gasteiger partial charge in [0.05, 0.1) is 11.5 Å². The van der Waals surface area contributed by atoms with E-state index in [-0.39, 0.29) is 11.5 Å². The van der Waals surface area contributed by atoms with Crippen molar-refractivity contribution in [2.24, 2.45) is 0 Å². The van der Waals surface area contributed by atoms with E-state index < -0.39 is 12.2 Å². The summed E-state index contributed by atoms with van der Waals surface area (Å²) in [4.78, 5) is 25.8. The summed E-state index contributed by atoms with van der Waals surface area (Å²) in [6.07, 6.45) is -1.13. The van der Waals surface area contributed by atoms with Crippen molar-refractivity contribution < 1.29 is 19.1 Å². The fourth-order valence-electron chi connectivity index (χ4n) is 2.91. The topological polar surface area (TPSA) is 80.0 Å². The summed E-state index contributed by atoms with van der Waals surface area (Å²) in [5, 5.41) is 10.0. The van der Waals surface area contributed by atoms with Crippen LogP contribution in [-0.4, -0.2) is 41.2 Å². The van der Waals surface area contributed by atoms with Crippen molar-refractivity contribution in [2.75, 3.05) is 13.1 Å². The summed E-state index contributed by atoms with van der Waals surface area (Å²) in [5.74, 6) is 0.359. The summed E-state index contributed by atoms with van der Waals surface area (Å²) in [6, 6.07) is 3.62. The van der Waals surface area contributed by atoms with Gasteiger partial charge >= 0.3 is 5.63 Å². The van der Waals surface area contributed by atoms with Crippen molar-refractivity contribution in [1.82, 2.24) is 4.90 Å². The Bertz CT molecular complexity index is 864. The maximum Gasteiger partial charge on any atom is 0.339 e. The van der Waals surface area contributed by atoms with E-state index in [0.717, 1.165) is 11.1 Å². The second-order valence-electron chi connectivity index (χ2n) is 6.43. The average Bonchev–Trinajstić information content (AvgIpc) is 2.48. The van der Waals surface area contributed by atoms with E-state index in [1.165, 1.54) is 0 Å². The van der Waals surface area contributed by atoms with Crippen molar-refractivity contribution >= 4 is 16.9 Å². The standard InChI is InChI=1S/C18H21NO5/c1-9-5-14(23-12(4)17(21)19-7-13(20)8-19)16-10(2)11(3)18(22)24-15(16)6-9/h5-6,12-13,20H,7-8H2,1-4H3. The van der Waals surface area contributed by atoms with Gasteiger partial charge in [-0.1, -0.05) is 0 Å². The first-order valence-electron chi connectivity index (χ1n) is 7.96. The number of rotatable bonds is 3. The highest BCUT2D eigenvalue weighted by atomic mass is 16.5. The minimum Gasteiger partial charge on any atom is -0.480 e. The van der Waals surface area contributed by atoms with Crippen molar-refractivity contribution in [2.45, 2.75) is 39.9 Å². The van der Waals surface area contributed by atoms with Gasteiger partial charge in [-0.05, 0) is 51.0 Å². The van der Waals surface area contributed by atoms with Crippen LogP contribution in [0.15, 0.2) is 21.3 Å². The molecule has 24 heavy (non-hydrogen) atoms. The molecule has 6 heteroatoms. The molecule has 1 saturated heterocycles. The molecule has 6 nitrogen and oxygen atoms in total. The van der Waals surface area contributed by atoms with E-state index >= 15 is 0 Å². The number of carbonyl (C=O) groups is 1. The molecule has 1 aromatic heterocycles. The first-order valence-corrected chi connectivity index (χ1v) is 7.96. The van der Waals surface area contributed by atoms with Crippen LogP contribution < -0.4 is 10.4 Å². The molecule has 1 aromatic carbocycles. The number of aliphatic hydroxyl groups is 1. The van der Waals surface area contributed by atoms with Gasteiger partial charge in [0.15, 0.2) is 6.10 Å². The van der Waals surface area contributed by atoms with Crippen LogP contribution in [0.3, 0.4) is 0 Å². The predicted molar refractivity (Wildman–Crippen MR) is 89.4 cm³/mol. The molecule has 1 N–H and O–H groups in total. The van der Waals surface area contributed by atoms with Crippen molar-refractivity contribution in [1.29, 1.82) is 0 Å². The van der Waals surface area contributed by atoms with Crippen molar-refractivity contribution in [3.8, 4) is 5.75 Å². The quantitative estimate of drug-likeness (QED) is 0.866. The van der Waals surface area contributed by atoms with Crippen LogP contribution in [0.25, 0.3) is 11.0 Å². The fraction of sp³-hybridized carbons (Fsp3) is 0.444. The first-order chi connectivity index (χ1) is 11.3. The summed E-state index contributed by atoms with van der Waals surface area (Å²) in [7, 11) is 0. The zero-order valence-electron chi connectivity index (χ0n) is 14.3. The van der Waals surface area contributed by atoms with Crippen LogP contribution in [0.5, 0.6) is 5.75 Å². The van der Waals surface area contributed by atoms with E-state index in [4.69, 9.17) is 9.15 Å². The summed E-state index contributed by atoms with van der Waals surface area (Å²) in [5.41, 5.74) is 2.28. The Morgan fingerprint density at radius 3 is 2.58 bits per heavy atom. The summed E-state index contributed by atoms with van der Waals surface area (Å²) in [6.45, 7) is 7.79. The van der Waals surface area contributed by atoms with Gasteiger partial charge in [0.2, 0.25) is 0 Å². The number of β-amino-alcohol motifs (C(OH)–C–C–N with tert-alkyl or cyclic N) is 1. The maximum absolute atomic E-state index is 12.3. The number of hydrogen-bond acceptors (Lipinski definition) is 5. The summed E-state index contributed by atoms with van der Waals surface area (Å²) < 4.78 is 11.3. The Morgan fingerprint density at radius 1 is 1.29 bits per heavy atom. The highest BCUT2D eigenvalue weighted by Crippen LogP contribution is 2.31. The molecule has 1 aliphatic rings. The molecule has 1 amide bonds. The number of likely N-dealkylation sites (tertiary alicyclic amines) is 1. The Kier molecular flexibility index (Phi) is 4.09. The Balaban J connectivity index is 1.98. The highest BCUT2D eigenvalue weighted by molar-refractivity contribution is 5.89. The lowest BCUT2D eigenvalue weighted by Crippen LogP contribution is -2.56. The lowest BCUT2D eigenvalue weighted by atomic mass is 10.0. The van der Waals surface area contributed by atoms with Crippen LogP contribution in [0.1, 0.15) is 23.6 Å². The van der Waals surface area contributed by atoms with Crippen LogP contribution in [0.4, 0.5) is 0 Å². The van der Waals surface area contributed by atoms with Crippen LogP contribution in [0, 0.1) is 20.8 Å². The Labute approximate surface area is 139 Å². The molecule has 0 bridgehead atoms. The van der Waals surface area contributed by atoms with Gasteiger partial charge in [-0.3, -0.25) is 4.79 Å². The molecule has 0 radical (unpaired) electrons. The molecule has 0 saturated carbocycles. The van der Waals surface area contributed by atoms with E-state index in [1.807, 2.05) is 19.9 Å². The molecule has 0 spiro atoms. The van der Waals surface area contributed by atoms with Gasteiger partial charge in [0.25, 0.3) is 5.91 Å². The zero-order valence-corrected chi connectivity index (χ0v) is 14.3. The second-order valence-corrected chi connectivity index (χ2v) is 6.43. The third kappa shape index (κ3) is 2.78. The zero-order chi connectivity index (χ0) is 17.6. The number of benzene rings is 1. The third-order valence-corrected chi connectivity index (χ3v) is 4.48. The number of hydrogen-bond donors (Lipinski definition) is 1. The van der Waals surface area contributed by atoms with Gasteiger partial charge in [-0.2, -0.15) is 0 Å². The van der Waals surface area contributed by atoms with E-state index in [0.29, 0.717) is 35.4 Å². The van der Waals surface area contributed by atoms with E-state index in [2.05, 4.69) is 0 Å². The number of carbonyl (C=O) groups excluding carboxylic acids is 1. The lowest BCUT2D eigenvalue weighted by Gasteiger charge is -2.37. The van der Waals surface area contributed by atoms with Gasteiger partial charge in [-0.25, -0.2) is 4.79 Å². The first kappa shape index (κ1) is 16.5.